The molecular weight excluding hydrogens is 590 g/mol. The van der Waals surface area contributed by atoms with Gasteiger partial charge in [0.05, 0.1) is 0 Å². The third-order valence-electron chi connectivity index (χ3n) is 2.34. The maximum Gasteiger partial charge on any atom is 2.00 e. The molecule has 0 amide bonds. The van der Waals surface area contributed by atoms with E-state index in [2.05, 4.69) is 48.6 Å². The topological polar surface area (TPSA) is 0 Å². The predicted molar refractivity (Wildman–Crippen MR) is 86.3 cm³/mol. The minimum Gasteiger partial charge on any atom is -1.00 e. The van der Waals surface area contributed by atoms with Gasteiger partial charge in [0.15, 0.2) is 0 Å². The fraction of sp³-hybridized carbons (Fsp3) is 0.200. The van der Waals surface area contributed by atoms with E-state index in [0.717, 1.165) is 25.7 Å². The molecule has 0 aromatic carbocycles. The Labute approximate surface area is 211 Å². The Bertz CT molecular complexity index is 340. The maximum atomic E-state index is 2.99. The summed E-state index contributed by atoms with van der Waals surface area (Å²) < 4.78 is 0. The van der Waals surface area contributed by atoms with Crippen LogP contribution < -0.4 is 48.0 Å². The van der Waals surface area contributed by atoms with Gasteiger partial charge in [-0.15, -0.1) is 25.7 Å². The van der Waals surface area contributed by atoms with Crippen molar-refractivity contribution >= 4 is 0 Å². The number of hydrogen-bond donors (Lipinski definition) is 0. The average molecular weight is 610 g/mol. The summed E-state index contributed by atoms with van der Waals surface area (Å²) in [6, 6.07) is 0. The van der Waals surface area contributed by atoms with E-state index in [1.165, 1.54) is 0 Å². The first kappa shape index (κ1) is 32.5. The molecule has 0 saturated heterocycles. The normalized spacial score (nSPS) is 14.7. The molecule has 0 bridgehead atoms. The molecule has 0 aliphatic heterocycles. The fourth-order valence-electron chi connectivity index (χ4n) is 1.36. The third-order valence-corrected chi connectivity index (χ3v) is 2.34. The van der Waals surface area contributed by atoms with Crippen LogP contribution in [0.4, 0.5) is 0 Å². The summed E-state index contributed by atoms with van der Waals surface area (Å²) in [7, 11) is 0. The molecule has 0 spiro atoms. The van der Waals surface area contributed by atoms with E-state index in [1.54, 1.807) is 0 Å². The zero-order chi connectivity index (χ0) is 14.1. The second kappa shape index (κ2) is 28.6. The molecule has 0 nitrogen and oxygen atoms in total. The molecule has 4 rings (SSSR count). The first-order valence-corrected chi connectivity index (χ1v) is 6.87. The number of allylic oxidation sites excluding steroid dienone is 16. The second-order valence-electron chi connectivity index (χ2n) is 4.01. The van der Waals surface area contributed by atoms with E-state index < -0.39 is 0 Å². The molecule has 4 aliphatic carbocycles. The Hall–Kier alpha value is 0.809. The van der Waals surface area contributed by atoms with Gasteiger partial charge in [-0.25, -0.2) is 48.6 Å². The number of hydrogen-bond acceptors (Lipinski definition) is 0. The van der Waals surface area contributed by atoms with Crippen LogP contribution in [0.15, 0.2) is 72.9 Å². The molecule has 0 heterocycles. The number of halogens is 2. The van der Waals surface area contributed by atoms with Gasteiger partial charge in [0.2, 0.25) is 0 Å². The van der Waals surface area contributed by atoms with E-state index in [1.807, 2.05) is 48.6 Å². The Morgan fingerprint density at radius 3 is 0.667 bits per heavy atom. The molecule has 0 unspecified atom stereocenters. The van der Waals surface area contributed by atoms with Crippen molar-refractivity contribution in [2.24, 2.45) is 0 Å². The molecule has 0 saturated carbocycles. The fourth-order valence-corrected chi connectivity index (χ4v) is 1.36. The van der Waals surface area contributed by atoms with Crippen molar-refractivity contribution in [3.05, 3.63) is 97.2 Å². The molecule has 24 heavy (non-hydrogen) atoms. The van der Waals surface area contributed by atoms with E-state index in [4.69, 9.17) is 0 Å². The smallest absolute Gasteiger partial charge is 1.00 e. The van der Waals surface area contributed by atoms with Crippen LogP contribution in [0, 0.1) is 24.3 Å². The van der Waals surface area contributed by atoms with Gasteiger partial charge >= 0.3 is 43.4 Å². The van der Waals surface area contributed by atoms with Crippen molar-refractivity contribution in [1.82, 2.24) is 0 Å². The molecule has 0 fully saturated rings. The summed E-state index contributed by atoms with van der Waals surface area (Å²) in [6.45, 7) is 0. The molecule has 4 heteroatoms. The SMILES string of the molecule is [C-]1=CC=CC1.[C-]1=CC=CC1.[C-]1=CC=CC1.[C-]1=CC=CC1.[I-].[I-].[Ti+2].[Ti+2]. The van der Waals surface area contributed by atoms with E-state index >= 15 is 0 Å². The summed E-state index contributed by atoms with van der Waals surface area (Å²) in [5, 5.41) is 0. The van der Waals surface area contributed by atoms with Crippen LogP contribution in [-0.4, -0.2) is 0 Å². The molecule has 124 valence electrons. The van der Waals surface area contributed by atoms with E-state index in [0.29, 0.717) is 0 Å². The van der Waals surface area contributed by atoms with Gasteiger partial charge in [0, 0.05) is 0 Å². The largest absolute Gasteiger partial charge is 2.00 e. The Kier molecular flexibility index (Phi) is 38.7. The summed E-state index contributed by atoms with van der Waals surface area (Å²) in [5.74, 6) is 0. The molecule has 0 N–H and O–H groups in total. The van der Waals surface area contributed by atoms with Gasteiger partial charge < -0.3 is 48.0 Å². The van der Waals surface area contributed by atoms with Crippen molar-refractivity contribution in [2.45, 2.75) is 25.7 Å². The van der Waals surface area contributed by atoms with Gasteiger partial charge in [0.1, 0.15) is 0 Å². The van der Waals surface area contributed by atoms with Crippen LogP contribution in [0.3, 0.4) is 0 Å². The molecule has 0 aromatic heterocycles. The number of rotatable bonds is 0. The van der Waals surface area contributed by atoms with Gasteiger partial charge in [-0.3, -0.25) is 24.3 Å². The maximum absolute atomic E-state index is 2.99. The van der Waals surface area contributed by atoms with Crippen LogP contribution in [0.5, 0.6) is 0 Å². The van der Waals surface area contributed by atoms with Crippen LogP contribution in [0.1, 0.15) is 25.7 Å². The Morgan fingerprint density at radius 1 is 0.417 bits per heavy atom. The van der Waals surface area contributed by atoms with Gasteiger partial charge in [-0.2, -0.15) is 24.3 Å². The predicted octanol–water partition coefficient (Wildman–Crippen LogP) is -0.774. The summed E-state index contributed by atoms with van der Waals surface area (Å²) in [5.41, 5.74) is 0. The summed E-state index contributed by atoms with van der Waals surface area (Å²) in [6.07, 6.45) is 40.0. The van der Waals surface area contributed by atoms with Crippen molar-refractivity contribution in [3.8, 4) is 0 Å². The minimum absolute atomic E-state index is 0. The Balaban J connectivity index is -0.000000105. The zero-order valence-corrected chi connectivity index (χ0v) is 21.0. The van der Waals surface area contributed by atoms with Gasteiger partial charge in [-0.1, -0.05) is 0 Å². The minimum atomic E-state index is 0. The standard InChI is InChI=1S/4C5H5.2HI.2Ti/c4*1-2-4-5-3-1;;;;/h4*1-3H,4H2;2*1H;;/q4*-1;;;2*+2/p-2. The van der Waals surface area contributed by atoms with Crippen LogP contribution in [-0.2, 0) is 43.4 Å². The molecule has 0 radical (unpaired) electrons. The van der Waals surface area contributed by atoms with Crippen LogP contribution >= 0.6 is 0 Å². The van der Waals surface area contributed by atoms with Crippen molar-refractivity contribution in [3.63, 3.8) is 0 Å². The zero-order valence-electron chi connectivity index (χ0n) is 13.5. The van der Waals surface area contributed by atoms with Crippen molar-refractivity contribution < 1.29 is 91.4 Å². The first-order chi connectivity index (χ1) is 10.0. The van der Waals surface area contributed by atoms with Crippen LogP contribution in [0.25, 0.3) is 0 Å². The third kappa shape index (κ3) is 25.1. The summed E-state index contributed by atoms with van der Waals surface area (Å²) in [4.78, 5) is 0. The monoisotopic (exact) mass is 610 g/mol. The molecule has 0 aromatic rings. The second-order valence-corrected chi connectivity index (χ2v) is 4.01. The van der Waals surface area contributed by atoms with Crippen LogP contribution in [0.2, 0.25) is 0 Å². The van der Waals surface area contributed by atoms with E-state index in [9.17, 15) is 0 Å². The van der Waals surface area contributed by atoms with Crippen molar-refractivity contribution in [2.75, 3.05) is 0 Å². The molecule has 0 atom stereocenters. The van der Waals surface area contributed by atoms with Gasteiger partial charge in [-0.05, 0) is 0 Å². The Morgan fingerprint density at radius 2 is 0.625 bits per heavy atom. The first-order valence-electron chi connectivity index (χ1n) is 6.87. The average Bonchev–Trinajstić information content (AvgIpc) is 3.40. The van der Waals surface area contributed by atoms with Gasteiger partial charge in [0.25, 0.3) is 0 Å². The van der Waals surface area contributed by atoms with Crippen molar-refractivity contribution in [1.29, 1.82) is 0 Å². The van der Waals surface area contributed by atoms with E-state index in [-0.39, 0.29) is 91.4 Å². The molecule has 4 aliphatic rings. The summed E-state index contributed by atoms with van der Waals surface area (Å²) >= 11 is 0. The molecular formula is C20H20I2Ti2-2. The quantitative estimate of drug-likeness (QED) is 0.192.